The van der Waals surface area contributed by atoms with Crippen molar-refractivity contribution in [1.82, 2.24) is 4.90 Å². The van der Waals surface area contributed by atoms with Crippen molar-refractivity contribution in [1.29, 1.82) is 0 Å². The van der Waals surface area contributed by atoms with E-state index in [9.17, 15) is 19.3 Å². The predicted molar refractivity (Wildman–Crippen MR) is 67.1 cm³/mol. The van der Waals surface area contributed by atoms with E-state index in [4.69, 9.17) is 0 Å². The van der Waals surface area contributed by atoms with Gasteiger partial charge < -0.3 is 0 Å². The number of halogens is 1. The highest BCUT2D eigenvalue weighted by molar-refractivity contribution is 5.81. The summed E-state index contributed by atoms with van der Waals surface area (Å²) in [7, 11) is 0. The van der Waals surface area contributed by atoms with E-state index < -0.39 is 10.7 Å². The number of hydrogen-bond acceptors (Lipinski definition) is 4. The van der Waals surface area contributed by atoms with Crippen molar-refractivity contribution < 1.29 is 14.1 Å². The highest BCUT2D eigenvalue weighted by atomic mass is 19.1. The summed E-state index contributed by atoms with van der Waals surface area (Å²) in [6, 6.07) is 3.46. The van der Waals surface area contributed by atoms with Gasteiger partial charge in [0.25, 0.3) is 5.69 Å². The van der Waals surface area contributed by atoms with Gasteiger partial charge in [0.2, 0.25) is 0 Å². The third-order valence-electron chi connectivity index (χ3n) is 3.39. The lowest BCUT2D eigenvalue weighted by Crippen LogP contribution is -2.39. The quantitative estimate of drug-likeness (QED) is 0.621. The summed E-state index contributed by atoms with van der Waals surface area (Å²) < 4.78 is 13.2. The first-order valence-electron chi connectivity index (χ1n) is 6.15. The number of nitro groups is 1. The Labute approximate surface area is 110 Å². The lowest BCUT2D eigenvalue weighted by molar-refractivity contribution is -0.385. The molecule has 5 nitrogen and oxygen atoms in total. The average molecular weight is 266 g/mol. The van der Waals surface area contributed by atoms with E-state index in [0.717, 1.165) is 6.07 Å². The molecule has 1 aromatic carbocycles. The summed E-state index contributed by atoms with van der Waals surface area (Å²) in [5.74, 6) is -0.340. The molecule has 2 rings (SSSR count). The molecule has 1 aliphatic heterocycles. The predicted octanol–water partition coefficient (Wildman–Crippen LogP) is 2.14. The molecule has 1 atom stereocenters. The molecule has 0 aliphatic carbocycles. The Hall–Kier alpha value is -1.82. The maximum atomic E-state index is 13.2. The van der Waals surface area contributed by atoms with Crippen LogP contribution >= 0.6 is 0 Å². The smallest absolute Gasteiger partial charge is 0.274 e. The minimum atomic E-state index is -0.507. The van der Waals surface area contributed by atoms with E-state index in [2.05, 4.69) is 0 Å². The van der Waals surface area contributed by atoms with Crippen LogP contribution in [0.2, 0.25) is 0 Å². The highest BCUT2D eigenvalue weighted by Gasteiger charge is 2.25. The number of piperidine rings is 1. The first-order valence-corrected chi connectivity index (χ1v) is 6.15. The Morgan fingerprint density at radius 1 is 1.53 bits per heavy atom. The van der Waals surface area contributed by atoms with Gasteiger partial charge in [0.15, 0.2) is 0 Å². The molecule has 0 aromatic heterocycles. The standard InChI is InChI=1S/C13H15FN2O3/c1-9-7-15(5-4-13(9)17)8-10-6-11(14)2-3-12(10)16(18)19/h2-3,6,9H,4-5,7-8H2,1H3. The largest absolute Gasteiger partial charge is 0.299 e. The van der Waals surface area contributed by atoms with Gasteiger partial charge in [0.1, 0.15) is 11.6 Å². The molecule has 6 heteroatoms. The van der Waals surface area contributed by atoms with Crippen LogP contribution in [0.5, 0.6) is 0 Å². The molecule has 1 heterocycles. The molecule has 0 spiro atoms. The Bertz CT molecular complexity index is 519. The van der Waals surface area contributed by atoms with E-state index in [1.165, 1.54) is 12.1 Å². The van der Waals surface area contributed by atoms with Crippen molar-refractivity contribution in [2.24, 2.45) is 5.92 Å². The number of nitrogens with zero attached hydrogens (tertiary/aromatic N) is 2. The highest BCUT2D eigenvalue weighted by Crippen LogP contribution is 2.23. The van der Waals surface area contributed by atoms with Gasteiger partial charge in [-0.25, -0.2) is 4.39 Å². The van der Waals surface area contributed by atoms with Crippen LogP contribution in [0.1, 0.15) is 18.9 Å². The fourth-order valence-corrected chi connectivity index (χ4v) is 2.34. The number of rotatable bonds is 3. The number of hydrogen-bond donors (Lipinski definition) is 0. The van der Waals surface area contributed by atoms with Gasteiger partial charge in [-0.15, -0.1) is 0 Å². The molecule has 0 radical (unpaired) electrons. The fraction of sp³-hybridized carbons (Fsp3) is 0.462. The van der Waals surface area contributed by atoms with Crippen LogP contribution in [0.15, 0.2) is 18.2 Å². The number of Topliss-reactive ketones (excluding diaryl/α,β-unsaturated/α-hetero) is 1. The minimum absolute atomic E-state index is 0.0682. The summed E-state index contributed by atoms with van der Waals surface area (Å²) in [6.07, 6.45) is 0.449. The summed E-state index contributed by atoms with van der Waals surface area (Å²) in [6.45, 7) is 3.27. The number of likely N-dealkylation sites (tertiary alicyclic amines) is 1. The van der Waals surface area contributed by atoms with E-state index >= 15 is 0 Å². The van der Waals surface area contributed by atoms with Crippen LogP contribution in [0.3, 0.4) is 0 Å². The first-order chi connectivity index (χ1) is 8.97. The maximum absolute atomic E-state index is 13.2. The van der Waals surface area contributed by atoms with Crippen molar-refractivity contribution in [2.75, 3.05) is 13.1 Å². The second-order valence-electron chi connectivity index (χ2n) is 4.88. The van der Waals surface area contributed by atoms with Crippen LogP contribution in [-0.4, -0.2) is 28.7 Å². The van der Waals surface area contributed by atoms with Crippen LogP contribution in [-0.2, 0) is 11.3 Å². The molecule has 1 unspecified atom stereocenters. The Balaban J connectivity index is 2.16. The third kappa shape index (κ3) is 3.14. The van der Waals surface area contributed by atoms with Crippen molar-refractivity contribution >= 4 is 11.5 Å². The molecule has 19 heavy (non-hydrogen) atoms. The zero-order chi connectivity index (χ0) is 14.0. The van der Waals surface area contributed by atoms with E-state index in [1.807, 2.05) is 11.8 Å². The van der Waals surface area contributed by atoms with E-state index in [0.29, 0.717) is 31.6 Å². The summed E-state index contributed by atoms with van der Waals surface area (Å²) in [5, 5.41) is 10.9. The van der Waals surface area contributed by atoms with Crippen LogP contribution < -0.4 is 0 Å². The van der Waals surface area contributed by atoms with Crippen molar-refractivity contribution in [3.63, 3.8) is 0 Å². The average Bonchev–Trinajstić information content (AvgIpc) is 2.33. The first kappa shape index (κ1) is 13.6. The second-order valence-corrected chi connectivity index (χ2v) is 4.88. The lowest BCUT2D eigenvalue weighted by Gasteiger charge is -2.29. The minimum Gasteiger partial charge on any atom is -0.299 e. The molecule has 1 saturated heterocycles. The topological polar surface area (TPSA) is 63.4 Å². The van der Waals surface area contributed by atoms with Crippen molar-refractivity contribution in [2.45, 2.75) is 19.9 Å². The van der Waals surface area contributed by atoms with Gasteiger partial charge in [0, 0.05) is 43.6 Å². The zero-order valence-electron chi connectivity index (χ0n) is 10.6. The molecular formula is C13H15FN2O3. The van der Waals surface area contributed by atoms with E-state index in [-0.39, 0.29) is 17.4 Å². The van der Waals surface area contributed by atoms with Crippen LogP contribution in [0.4, 0.5) is 10.1 Å². The summed E-state index contributed by atoms with van der Waals surface area (Å²) in [4.78, 5) is 23.8. The zero-order valence-corrected chi connectivity index (χ0v) is 10.6. The van der Waals surface area contributed by atoms with Gasteiger partial charge in [-0.1, -0.05) is 6.92 Å². The van der Waals surface area contributed by atoms with Crippen LogP contribution in [0.25, 0.3) is 0 Å². The molecule has 102 valence electrons. The summed E-state index contributed by atoms with van der Waals surface area (Å²) in [5.41, 5.74) is 0.275. The van der Waals surface area contributed by atoms with Gasteiger partial charge in [0.05, 0.1) is 4.92 Å². The Kier molecular flexibility index (Phi) is 3.90. The molecule has 0 N–H and O–H groups in total. The molecule has 0 bridgehead atoms. The third-order valence-corrected chi connectivity index (χ3v) is 3.39. The lowest BCUT2D eigenvalue weighted by atomic mass is 9.98. The Morgan fingerprint density at radius 3 is 2.89 bits per heavy atom. The second kappa shape index (κ2) is 5.44. The number of carbonyl (C=O) groups excluding carboxylic acids is 1. The van der Waals surface area contributed by atoms with Crippen molar-refractivity contribution in [3.8, 4) is 0 Å². The van der Waals surface area contributed by atoms with Gasteiger partial charge in [-0.2, -0.15) is 0 Å². The SMILES string of the molecule is CC1CN(Cc2cc(F)ccc2[N+](=O)[O-])CCC1=O. The molecular weight excluding hydrogens is 251 g/mol. The van der Waals surface area contributed by atoms with Gasteiger partial charge in [-0.05, 0) is 12.1 Å². The normalized spacial score (nSPS) is 20.5. The maximum Gasteiger partial charge on any atom is 0.274 e. The number of carbonyl (C=O) groups is 1. The molecule has 1 aliphatic rings. The number of ketones is 1. The summed E-state index contributed by atoms with van der Waals surface area (Å²) >= 11 is 0. The van der Waals surface area contributed by atoms with Gasteiger partial charge >= 0.3 is 0 Å². The molecule has 0 saturated carbocycles. The monoisotopic (exact) mass is 266 g/mol. The van der Waals surface area contributed by atoms with Crippen molar-refractivity contribution in [3.05, 3.63) is 39.7 Å². The fourth-order valence-electron chi connectivity index (χ4n) is 2.34. The molecule has 1 fully saturated rings. The van der Waals surface area contributed by atoms with Crippen LogP contribution in [0, 0.1) is 21.8 Å². The number of benzene rings is 1. The Morgan fingerprint density at radius 2 is 2.26 bits per heavy atom. The van der Waals surface area contributed by atoms with Gasteiger partial charge in [-0.3, -0.25) is 19.8 Å². The molecule has 1 aromatic rings. The molecule has 0 amide bonds. The van der Waals surface area contributed by atoms with E-state index in [1.54, 1.807) is 0 Å². The number of nitro benzene ring substituents is 1.